The molecule has 1 aromatic carbocycles. The first kappa shape index (κ1) is 21.2. The quantitative estimate of drug-likeness (QED) is 0.418. The van der Waals surface area contributed by atoms with Crippen LogP contribution in [0.15, 0.2) is 12.1 Å². The van der Waals surface area contributed by atoms with Crippen molar-refractivity contribution < 1.29 is 14.7 Å². The Hall–Kier alpha value is -1.88. The van der Waals surface area contributed by atoms with E-state index in [1.54, 1.807) is 0 Å². The van der Waals surface area contributed by atoms with Gasteiger partial charge in [0.05, 0.1) is 0 Å². The van der Waals surface area contributed by atoms with Crippen molar-refractivity contribution in [2.75, 3.05) is 0 Å². The predicted molar refractivity (Wildman–Crippen MR) is 100 cm³/mol. The Labute approximate surface area is 151 Å². The fourth-order valence-electron chi connectivity index (χ4n) is 2.72. The van der Waals surface area contributed by atoms with Crippen LogP contribution in [0.5, 0.6) is 5.75 Å². The second kappa shape index (κ2) is 8.00. The van der Waals surface area contributed by atoms with Crippen LogP contribution in [0.1, 0.15) is 77.5 Å². The van der Waals surface area contributed by atoms with Crippen molar-refractivity contribution in [3.63, 3.8) is 0 Å². The molecule has 0 spiro atoms. The van der Waals surface area contributed by atoms with Crippen LogP contribution in [0.25, 0.3) is 0 Å². The van der Waals surface area contributed by atoms with Gasteiger partial charge in [-0.1, -0.05) is 53.7 Å². The monoisotopic (exact) mass is 348 g/mol. The summed E-state index contributed by atoms with van der Waals surface area (Å²) in [6.45, 7) is 12.4. The van der Waals surface area contributed by atoms with Crippen molar-refractivity contribution in [3.8, 4) is 5.75 Å². The minimum absolute atomic E-state index is 0.0336. The van der Waals surface area contributed by atoms with E-state index in [9.17, 15) is 14.7 Å². The van der Waals surface area contributed by atoms with Crippen molar-refractivity contribution in [1.29, 1.82) is 0 Å². The van der Waals surface area contributed by atoms with E-state index in [4.69, 9.17) is 5.84 Å². The van der Waals surface area contributed by atoms with E-state index >= 15 is 0 Å². The van der Waals surface area contributed by atoms with Crippen LogP contribution in [-0.4, -0.2) is 16.8 Å². The lowest BCUT2D eigenvalue weighted by molar-refractivity contribution is -0.125. The molecule has 0 fully saturated rings. The minimum Gasteiger partial charge on any atom is -0.507 e. The summed E-state index contributed by atoms with van der Waals surface area (Å²) in [5.74, 6) is 5.06. The first-order valence-electron chi connectivity index (χ1n) is 8.74. The molecule has 0 aliphatic heterocycles. The summed E-state index contributed by atoms with van der Waals surface area (Å²) in [5, 5.41) is 10.7. The molecule has 0 saturated carbocycles. The van der Waals surface area contributed by atoms with E-state index in [2.05, 4.69) is 41.5 Å². The second-order valence-corrected chi connectivity index (χ2v) is 8.65. The zero-order chi connectivity index (χ0) is 19.4. The number of rotatable bonds is 6. The molecule has 0 radical (unpaired) electrons. The third-order valence-corrected chi connectivity index (χ3v) is 4.27. The summed E-state index contributed by atoms with van der Waals surface area (Å²) < 4.78 is 0. The molecular formula is C20H32N2O3. The van der Waals surface area contributed by atoms with Gasteiger partial charge in [-0.2, -0.15) is 0 Å². The normalized spacial score (nSPS) is 12.1. The molecule has 0 saturated heterocycles. The summed E-state index contributed by atoms with van der Waals surface area (Å²) in [6, 6.07) is 3.98. The van der Waals surface area contributed by atoms with E-state index in [-0.39, 0.29) is 35.4 Å². The third-order valence-electron chi connectivity index (χ3n) is 4.27. The van der Waals surface area contributed by atoms with E-state index < -0.39 is 0 Å². The number of hydrazine groups is 1. The SMILES string of the molecule is CC(C)(C)c1cc(CCC(=O)CCC(=O)NN)cc(C(C)(C)C)c1O. The van der Waals surface area contributed by atoms with Crippen molar-refractivity contribution in [3.05, 3.63) is 28.8 Å². The Balaban J connectivity index is 3.00. The number of hydrogen-bond donors (Lipinski definition) is 3. The summed E-state index contributed by atoms with van der Waals surface area (Å²) in [4.78, 5) is 23.1. The summed E-state index contributed by atoms with van der Waals surface area (Å²) in [7, 11) is 0. The molecule has 0 aliphatic carbocycles. The number of carbonyl (C=O) groups is 2. The summed E-state index contributed by atoms with van der Waals surface area (Å²) >= 11 is 0. The molecule has 5 nitrogen and oxygen atoms in total. The fourth-order valence-corrected chi connectivity index (χ4v) is 2.72. The molecule has 0 unspecified atom stereocenters. The number of phenols is 1. The van der Waals surface area contributed by atoms with E-state index in [1.807, 2.05) is 17.6 Å². The van der Waals surface area contributed by atoms with Gasteiger partial charge in [-0.25, -0.2) is 5.84 Å². The maximum absolute atomic E-state index is 12.0. The average molecular weight is 348 g/mol. The highest BCUT2D eigenvalue weighted by atomic mass is 16.3. The Morgan fingerprint density at radius 1 is 0.960 bits per heavy atom. The smallest absolute Gasteiger partial charge is 0.234 e. The van der Waals surface area contributed by atoms with Crippen molar-refractivity contribution in [2.45, 2.75) is 78.1 Å². The third kappa shape index (κ3) is 6.16. The Morgan fingerprint density at radius 3 is 1.84 bits per heavy atom. The summed E-state index contributed by atoms with van der Waals surface area (Å²) in [5.41, 5.74) is 4.47. The van der Waals surface area contributed by atoms with Crippen LogP contribution in [0, 0.1) is 0 Å². The Kier molecular flexibility index (Phi) is 6.77. The number of benzene rings is 1. The second-order valence-electron chi connectivity index (χ2n) is 8.65. The molecule has 140 valence electrons. The van der Waals surface area contributed by atoms with Gasteiger partial charge in [-0.3, -0.25) is 15.0 Å². The van der Waals surface area contributed by atoms with Crippen LogP contribution < -0.4 is 11.3 Å². The van der Waals surface area contributed by atoms with E-state index in [0.29, 0.717) is 18.6 Å². The number of phenolic OH excluding ortho intramolecular Hbond substituents is 1. The molecule has 1 aromatic rings. The molecular weight excluding hydrogens is 316 g/mol. The zero-order valence-electron chi connectivity index (χ0n) is 16.3. The number of nitrogens with one attached hydrogen (secondary N) is 1. The Morgan fingerprint density at radius 2 is 1.44 bits per heavy atom. The minimum atomic E-state index is -0.331. The number of amides is 1. The highest BCUT2D eigenvalue weighted by Gasteiger charge is 2.26. The number of nitrogens with two attached hydrogens (primary N) is 1. The molecule has 0 aliphatic rings. The van der Waals surface area contributed by atoms with Gasteiger partial charge in [0.2, 0.25) is 5.91 Å². The van der Waals surface area contributed by atoms with Gasteiger partial charge < -0.3 is 5.11 Å². The van der Waals surface area contributed by atoms with Gasteiger partial charge in [-0.15, -0.1) is 0 Å². The van der Waals surface area contributed by atoms with Crippen molar-refractivity contribution in [1.82, 2.24) is 5.43 Å². The van der Waals surface area contributed by atoms with Crippen LogP contribution >= 0.6 is 0 Å². The number of ketones is 1. The van der Waals surface area contributed by atoms with Gasteiger partial charge in [-0.05, 0) is 33.9 Å². The van der Waals surface area contributed by atoms with Crippen LogP contribution in [0.4, 0.5) is 0 Å². The molecule has 5 heteroatoms. The van der Waals surface area contributed by atoms with Gasteiger partial charge >= 0.3 is 0 Å². The molecule has 0 aromatic heterocycles. The fraction of sp³-hybridized carbons (Fsp3) is 0.600. The first-order valence-corrected chi connectivity index (χ1v) is 8.74. The van der Waals surface area contributed by atoms with Gasteiger partial charge in [0.1, 0.15) is 11.5 Å². The number of hydrogen-bond acceptors (Lipinski definition) is 4. The number of carbonyl (C=O) groups excluding carboxylic acids is 2. The zero-order valence-corrected chi connectivity index (χ0v) is 16.3. The number of Topliss-reactive ketones (excluding diaryl/α,β-unsaturated/α-hetero) is 1. The number of aromatic hydroxyl groups is 1. The van der Waals surface area contributed by atoms with Gasteiger partial charge in [0, 0.05) is 19.3 Å². The van der Waals surface area contributed by atoms with Crippen LogP contribution in [0.3, 0.4) is 0 Å². The lowest BCUT2D eigenvalue weighted by Crippen LogP contribution is -2.30. The lowest BCUT2D eigenvalue weighted by atomic mass is 9.78. The molecule has 4 N–H and O–H groups in total. The molecule has 0 heterocycles. The molecule has 1 rings (SSSR count). The highest BCUT2D eigenvalue weighted by molar-refractivity contribution is 5.84. The van der Waals surface area contributed by atoms with Crippen LogP contribution in [-0.2, 0) is 26.8 Å². The van der Waals surface area contributed by atoms with Crippen molar-refractivity contribution in [2.24, 2.45) is 5.84 Å². The van der Waals surface area contributed by atoms with Gasteiger partial charge in [0.25, 0.3) is 0 Å². The highest BCUT2D eigenvalue weighted by Crippen LogP contribution is 2.39. The first-order chi connectivity index (χ1) is 11.4. The largest absolute Gasteiger partial charge is 0.507 e. The average Bonchev–Trinajstić information content (AvgIpc) is 2.49. The predicted octanol–water partition coefficient (Wildman–Crippen LogP) is 3.26. The molecule has 1 amide bonds. The van der Waals surface area contributed by atoms with Crippen LogP contribution in [0.2, 0.25) is 0 Å². The van der Waals surface area contributed by atoms with Crippen molar-refractivity contribution >= 4 is 11.7 Å². The lowest BCUT2D eigenvalue weighted by Gasteiger charge is -2.28. The van der Waals surface area contributed by atoms with E-state index in [0.717, 1.165) is 16.7 Å². The number of aryl methyl sites for hydroxylation is 1. The molecule has 0 atom stereocenters. The topological polar surface area (TPSA) is 92.4 Å². The maximum Gasteiger partial charge on any atom is 0.234 e. The summed E-state index contributed by atoms with van der Waals surface area (Å²) in [6.07, 6.45) is 1.27. The standard InChI is InChI=1S/C20H32N2O3/c1-19(2,3)15-11-13(12-16(18(15)25)20(4,5)6)7-8-14(23)9-10-17(24)22-21/h11-12,25H,7-10,21H2,1-6H3,(H,22,24). The molecule has 25 heavy (non-hydrogen) atoms. The molecule has 0 bridgehead atoms. The van der Waals surface area contributed by atoms with Gasteiger partial charge in [0.15, 0.2) is 0 Å². The maximum atomic E-state index is 12.0. The van der Waals surface area contributed by atoms with E-state index in [1.165, 1.54) is 0 Å². The Bertz CT molecular complexity index is 602.